The Morgan fingerprint density at radius 3 is 2.00 bits per heavy atom. The number of hydrogen-bond acceptors (Lipinski definition) is 1. The maximum absolute atomic E-state index is 6.17. The maximum Gasteiger partial charge on any atom is 0.00953 e. The third-order valence-corrected chi connectivity index (χ3v) is 4.88. The van der Waals surface area contributed by atoms with Gasteiger partial charge >= 0.3 is 0 Å². The average Bonchev–Trinajstić information content (AvgIpc) is 2.69. The third-order valence-electron chi connectivity index (χ3n) is 4.88. The lowest BCUT2D eigenvalue weighted by atomic mass is 9.84. The minimum Gasteiger partial charge on any atom is -0.328 e. The topological polar surface area (TPSA) is 26.0 Å². The zero-order valence-electron chi connectivity index (χ0n) is 12.9. The molecule has 0 spiro atoms. The summed E-state index contributed by atoms with van der Waals surface area (Å²) in [4.78, 5) is 0. The van der Waals surface area contributed by atoms with Gasteiger partial charge in [-0.3, -0.25) is 0 Å². The van der Waals surface area contributed by atoms with Gasteiger partial charge in [0.2, 0.25) is 0 Å². The van der Waals surface area contributed by atoms with Gasteiger partial charge in [0.25, 0.3) is 0 Å². The second-order valence-corrected chi connectivity index (χ2v) is 6.20. The van der Waals surface area contributed by atoms with Crippen LogP contribution in [0.25, 0.3) is 0 Å². The molecule has 0 fully saturated rings. The van der Waals surface area contributed by atoms with Crippen LogP contribution in [-0.2, 0) is 12.8 Å². The van der Waals surface area contributed by atoms with Crippen LogP contribution in [0.4, 0.5) is 0 Å². The zero-order chi connectivity index (χ0) is 14.7. The number of rotatable bonds is 4. The van der Waals surface area contributed by atoms with Gasteiger partial charge in [-0.1, -0.05) is 55.5 Å². The first kappa shape index (κ1) is 14.3. The molecule has 0 saturated carbocycles. The predicted molar refractivity (Wildman–Crippen MR) is 89.6 cm³/mol. The van der Waals surface area contributed by atoms with Crippen molar-refractivity contribution in [2.45, 2.75) is 51.0 Å². The standard InChI is InChI=1S/C20H25N/c1-2-17(21)13-14-20-18-9-5-3-7-15(18)11-12-16-8-4-6-10-19(16)20/h3-10,17,20H,2,11-14,21H2,1H3. The fourth-order valence-electron chi connectivity index (χ4n) is 3.54. The van der Waals surface area contributed by atoms with Crippen LogP contribution in [0.5, 0.6) is 0 Å². The summed E-state index contributed by atoms with van der Waals surface area (Å²) in [5.41, 5.74) is 12.2. The first-order valence-electron chi connectivity index (χ1n) is 8.20. The van der Waals surface area contributed by atoms with E-state index in [4.69, 9.17) is 5.73 Å². The molecule has 110 valence electrons. The van der Waals surface area contributed by atoms with Gasteiger partial charge in [0.15, 0.2) is 0 Å². The highest BCUT2D eigenvalue weighted by Gasteiger charge is 2.23. The number of nitrogens with two attached hydrogens (primary N) is 1. The number of benzene rings is 2. The quantitative estimate of drug-likeness (QED) is 0.880. The summed E-state index contributed by atoms with van der Waals surface area (Å²) in [5.74, 6) is 0.512. The molecular formula is C20H25N. The van der Waals surface area contributed by atoms with Crippen LogP contribution in [0.2, 0.25) is 0 Å². The Bertz CT molecular complexity index is 555. The highest BCUT2D eigenvalue weighted by molar-refractivity contribution is 5.44. The predicted octanol–water partition coefficient (Wildman–Crippen LogP) is 4.43. The molecule has 3 rings (SSSR count). The van der Waals surface area contributed by atoms with E-state index in [-0.39, 0.29) is 0 Å². The Hall–Kier alpha value is -1.60. The molecule has 0 amide bonds. The molecule has 0 saturated heterocycles. The molecular weight excluding hydrogens is 254 g/mol. The van der Waals surface area contributed by atoms with Crippen LogP contribution >= 0.6 is 0 Å². The molecule has 0 bridgehead atoms. The van der Waals surface area contributed by atoms with Crippen molar-refractivity contribution in [3.8, 4) is 0 Å². The fourth-order valence-corrected chi connectivity index (χ4v) is 3.54. The summed E-state index contributed by atoms with van der Waals surface area (Å²) >= 11 is 0. The van der Waals surface area contributed by atoms with Crippen molar-refractivity contribution < 1.29 is 0 Å². The van der Waals surface area contributed by atoms with E-state index >= 15 is 0 Å². The van der Waals surface area contributed by atoms with Gasteiger partial charge in [-0.25, -0.2) is 0 Å². The second-order valence-electron chi connectivity index (χ2n) is 6.20. The summed E-state index contributed by atoms with van der Waals surface area (Å²) in [7, 11) is 0. The highest BCUT2D eigenvalue weighted by atomic mass is 14.6. The molecule has 0 aliphatic heterocycles. The molecule has 0 heterocycles. The highest BCUT2D eigenvalue weighted by Crippen LogP contribution is 2.37. The maximum atomic E-state index is 6.17. The summed E-state index contributed by atoms with van der Waals surface area (Å²) in [6.07, 6.45) is 5.63. The van der Waals surface area contributed by atoms with Crippen molar-refractivity contribution in [2.75, 3.05) is 0 Å². The van der Waals surface area contributed by atoms with Crippen LogP contribution in [0.1, 0.15) is 54.4 Å². The Labute approximate surface area is 128 Å². The smallest absolute Gasteiger partial charge is 0.00953 e. The lowest BCUT2D eigenvalue weighted by Crippen LogP contribution is -2.19. The second kappa shape index (κ2) is 6.44. The number of fused-ring (bicyclic) bond motifs is 2. The van der Waals surface area contributed by atoms with Crippen molar-refractivity contribution in [3.05, 3.63) is 70.8 Å². The van der Waals surface area contributed by atoms with Crippen molar-refractivity contribution in [1.82, 2.24) is 0 Å². The van der Waals surface area contributed by atoms with E-state index < -0.39 is 0 Å². The molecule has 0 radical (unpaired) electrons. The van der Waals surface area contributed by atoms with Crippen LogP contribution in [0, 0.1) is 0 Å². The molecule has 1 heteroatoms. The first-order chi connectivity index (χ1) is 10.3. The van der Waals surface area contributed by atoms with Gasteiger partial charge in [-0.2, -0.15) is 0 Å². The molecule has 2 aromatic carbocycles. The van der Waals surface area contributed by atoms with Gasteiger partial charge in [-0.05, 0) is 54.4 Å². The lowest BCUT2D eigenvalue weighted by molar-refractivity contribution is 0.542. The van der Waals surface area contributed by atoms with Crippen LogP contribution in [-0.4, -0.2) is 6.04 Å². The summed E-state index contributed by atoms with van der Waals surface area (Å²) in [6, 6.07) is 18.3. The van der Waals surface area contributed by atoms with Crippen LogP contribution in [0.3, 0.4) is 0 Å². The normalized spacial score (nSPS) is 15.9. The monoisotopic (exact) mass is 279 g/mol. The zero-order valence-corrected chi connectivity index (χ0v) is 12.9. The van der Waals surface area contributed by atoms with Gasteiger partial charge in [0, 0.05) is 12.0 Å². The molecule has 2 N–H and O–H groups in total. The van der Waals surface area contributed by atoms with Gasteiger partial charge in [-0.15, -0.1) is 0 Å². The van der Waals surface area contributed by atoms with Crippen molar-refractivity contribution >= 4 is 0 Å². The molecule has 1 unspecified atom stereocenters. The molecule has 1 aliphatic rings. The molecule has 1 nitrogen and oxygen atoms in total. The van der Waals surface area contributed by atoms with Crippen molar-refractivity contribution in [2.24, 2.45) is 5.73 Å². The number of aryl methyl sites for hydroxylation is 2. The minimum atomic E-state index is 0.326. The lowest BCUT2D eigenvalue weighted by Gasteiger charge is -2.22. The largest absolute Gasteiger partial charge is 0.328 e. The third kappa shape index (κ3) is 3.03. The summed E-state index contributed by atoms with van der Waals surface area (Å²) < 4.78 is 0. The van der Waals surface area contributed by atoms with E-state index in [1.54, 1.807) is 0 Å². The fraction of sp³-hybridized carbons (Fsp3) is 0.400. The van der Waals surface area contributed by atoms with E-state index in [1.165, 1.54) is 22.3 Å². The summed E-state index contributed by atoms with van der Waals surface area (Å²) in [5, 5.41) is 0. The van der Waals surface area contributed by atoms with Crippen LogP contribution in [0.15, 0.2) is 48.5 Å². The van der Waals surface area contributed by atoms with Crippen LogP contribution < -0.4 is 5.73 Å². The Balaban J connectivity index is 1.98. The SMILES string of the molecule is CCC(N)CCC1c2ccccc2CCc2ccccc21. The van der Waals surface area contributed by atoms with E-state index in [1.807, 2.05) is 0 Å². The van der Waals surface area contributed by atoms with E-state index in [2.05, 4.69) is 55.5 Å². The minimum absolute atomic E-state index is 0.326. The Morgan fingerprint density at radius 1 is 0.952 bits per heavy atom. The van der Waals surface area contributed by atoms with Gasteiger partial charge < -0.3 is 5.73 Å². The molecule has 2 aromatic rings. The summed E-state index contributed by atoms with van der Waals surface area (Å²) in [6.45, 7) is 2.18. The first-order valence-corrected chi connectivity index (χ1v) is 8.20. The Morgan fingerprint density at radius 2 is 1.48 bits per heavy atom. The van der Waals surface area contributed by atoms with Crippen molar-refractivity contribution in [3.63, 3.8) is 0 Å². The van der Waals surface area contributed by atoms with Gasteiger partial charge in [0.05, 0.1) is 0 Å². The molecule has 1 atom stereocenters. The molecule has 21 heavy (non-hydrogen) atoms. The average molecular weight is 279 g/mol. The van der Waals surface area contributed by atoms with E-state index in [9.17, 15) is 0 Å². The van der Waals surface area contributed by atoms with Crippen molar-refractivity contribution in [1.29, 1.82) is 0 Å². The Kier molecular flexibility index (Phi) is 4.40. The number of hydrogen-bond donors (Lipinski definition) is 1. The van der Waals surface area contributed by atoms with Gasteiger partial charge in [0.1, 0.15) is 0 Å². The molecule has 1 aliphatic carbocycles. The van der Waals surface area contributed by atoms with E-state index in [0.717, 1.165) is 32.1 Å². The van der Waals surface area contributed by atoms with E-state index in [0.29, 0.717) is 12.0 Å². The molecule has 0 aromatic heterocycles.